The largest absolute Gasteiger partial charge is 0.399 e. The number of nitrogens with zero attached hydrogens (tertiary/aromatic N) is 3. The molecule has 2 aromatic rings. The van der Waals surface area contributed by atoms with Gasteiger partial charge < -0.3 is 20.9 Å². The summed E-state index contributed by atoms with van der Waals surface area (Å²) in [6, 6.07) is 11.4. The number of hydrogen-bond donors (Lipinski definition) is 2. The summed E-state index contributed by atoms with van der Waals surface area (Å²) in [7, 11) is 4.28. The average molecular weight is 449 g/mol. The number of anilines is 3. The molecular weight excluding hydrogens is 421 g/mol. The summed E-state index contributed by atoms with van der Waals surface area (Å²) in [6.07, 6.45) is 4.13. The molecule has 0 unspecified atom stereocenters. The van der Waals surface area contributed by atoms with E-state index in [2.05, 4.69) is 34.2 Å². The minimum absolute atomic E-state index is 0. The van der Waals surface area contributed by atoms with Gasteiger partial charge in [-0.1, -0.05) is 6.07 Å². The van der Waals surface area contributed by atoms with Gasteiger partial charge in [0, 0.05) is 30.4 Å². The van der Waals surface area contributed by atoms with Crippen molar-refractivity contribution in [3.8, 4) is 0 Å². The normalized spacial score (nSPS) is 13.8. The molecule has 1 aromatic carbocycles. The number of carbonyl (C=O) groups excluding carboxylic acids is 1. The van der Waals surface area contributed by atoms with Gasteiger partial charge in [-0.15, -0.1) is 37.2 Å². The Morgan fingerprint density at radius 3 is 2.36 bits per heavy atom. The standard InChI is InChI=1S/C19H25N5O.3ClH/c1-23(2)16-8-10-24(11-9-16)17-6-7-18(21-13-17)22-19(25)14-4-3-5-15(20)12-14;;;/h3-7,12-13,16H,8-11,20H2,1-2H3,(H,21,22,25);3*1H. The van der Waals surface area contributed by atoms with E-state index in [-0.39, 0.29) is 43.1 Å². The van der Waals surface area contributed by atoms with E-state index >= 15 is 0 Å². The molecular formula is C19H28Cl3N5O. The number of nitrogens with one attached hydrogen (secondary N) is 1. The zero-order valence-electron chi connectivity index (χ0n) is 16.0. The van der Waals surface area contributed by atoms with Crippen LogP contribution in [0.3, 0.4) is 0 Å². The fourth-order valence-corrected chi connectivity index (χ4v) is 3.16. The van der Waals surface area contributed by atoms with Crippen molar-refractivity contribution in [1.82, 2.24) is 9.88 Å². The first-order chi connectivity index (χ1) is 12.0. The minimum Gasteiger partial charge on any atom is -0.399 e. The van der Waals surface area contributed by atoms with Crippen LogP contribution in [0.2, 0.25) is 0 Å². The average Bonchev–Trinajstić information content (AvgIpc) is 2.62. The maximum absolute atomic E-state index is 12.2. The summed E-state index contributed by atoms with van der Waals surface area (Å²) in [5.41, 5.74) is 7.90. The SMILES string of the molecule is CN(C)C1CCN(c2ccc(NC(=O)c3cccc(N)c3)nc2)CC1.Cl.Cl.Cl. The molecule has 28 heavy (non-hydrogen) atoms. The molecule has 0 saturated carbocycles. The fraction of sp³-hybridized carbons (Fsp3) is 0.368. The summed E-state index contributed by atoms with van der Waals surface area (Å²) in [4.78, 5) is 21.3. The molecule has 156 valence electrons. The van der Waals surface area contributed by atoms with Crippen LogP contribution in [0.4, 0.5) is 17.2 Å². The Morgan fingerprint density at radius 1 is 1.14 bits per heavy atom. The van der Waals surface area contributed by atoms with Crippen molar-refractivity contribution in [2.45, 2.75) is 18.9 Å². The van der Waals surface area contributed by atoms with E-state index in [4.69, 9.17) is 5.73 Å². The van der Waals surface area contributed by atoms with Gasteiger partial charge in [0.1, 0.15) is 5.82 Å². The molecule has 2 heterocycles. The number of pyridine rings is 1. The number of aromatic nitrogens is 1. The Labute approximate surface area is 185 Å². The quantitative estimate of drug-likeness (QED) is 0.697. The van der Waals surface area contributed by atoms with Crippen molar-refractivity contribution in [3.63, 3.8) is 0 Å². The van der Waals surface area contributed by atoms with Gasteiger partial charge >= 0.3 is 0 Å². The molecule has 0 spiro atoms. The maximum Gasteiger partial charge on any atom is 0.256 e. The lowest BCUT2D eigenvalue weighted by atomic mass is 10.0. The van der Waals surface area contributed by atoms with E-state index in [1.54, 1.807) is 24.3 Å². The Hall–Kier alpha value is -1.73. The van der Waals surface area contributed by atoms with Crippen molar-refractivity contribution in [2.24, 2.45) is 0 Å². The molecule has 1 amide bonds. The molecule has 3 N–H and O–H groups in total. The Morgan fingerprint density at radius 2 is 1.82 bits per heavy atom. The highest BCUT2D eigenvalue weighted by atomic mass is 35.5. The van der Waals surface area contributed by atoms with Gasteiger partial charge in [-0.2, -0.15) is 0 Å². The van der Waals surface area contributed by atoms with E-state index in [0.29, 0.717) is 23.1 Å². The first-order valence-electron chi connectivity index (χ1n) is 8.57. The highest BCUT2D eigenvalue weighted by molar-refractivity contribution is 6.04. The first kappa shape index (κ1) is 26.3. The summed E-state index contributed by atoms with van der Waals surface area (Å²) in [6.45, 7) is 2.05. The van der Waals surface area contributed by atoms with Crippen molar-refractivity contribution >= 4 is 60.3 Å². The highest BCUT2D eigenvalue weighted by Crippen LogP contribution is 2.22. The van der Waals surface area contributed by atoms with Crippen LogP contribution in [0.25, 0.3) is 0 Å². The smallest absolute Gasteiger partial charge is 0.256 e. The fourth-order valence-electron chi connectivity index (χ4n) is 3.16. The van der Waals surface area contributed by atoms with Gasteiger partial charge in [0.2, 0.25) is 0 Å². The van der Waals surface area contributed by atoms with Crippen LogP contribution in [0.15, 0.2) is 42.6 Å². The number of piperidine rings is 1. The van der Waals surface area contributed by atoms with Crippen LogP contribution >= 0.6 is 37.2 Å². The second-order valence-electron chi connectivity index (χ2n) is 6.66. The number of hydrogen-bond acceptors (Lipinski definition) is 5. The number of nitrogen functional groups attached to an aromatic ring is 1. The Kier molecular flexibility index (Phi) is 11.2. The molecule has 0 bridgehead atoms. The summed E-state index contributed by atoms with van der Waals surface area (Å²) < 4.78 is 0. The Balaban J connectivity index is 0.00000243. The molecule has 1 aromatic heterocycles. The van der Waals surface area contributed by atoms with Crippen LogP contribution < -0.4 is 16.0 Å². The molecule has 3 rings (SSSR count). The number of carbonyl (C=O) groups is 1. The molecule has 1 saturated heterocycles. The van der Waals surface area contributed by atoms with Crippen molar-refractivity contribution in [3.05, 3.63) is 48.2 Å². The monoisotopic (exact) mass is 447 g/mol. The number of benzene rings is 1. The van der Waals surface area contributed by atoms with Crippen molar-refractivity contribution in [2.75, 3.05) is 43.1 Å². The van der Waals surface area contributed by atoms with Crippen LogP contribution in [0, 0.1) is 0 Å². The predicted octanol–water partition coefficient (Wildman–Crippen LogP) is 3.71. The van der Waals surface area contributed by atoms with Gasteiger partial charge in [-0.05, 0) is 57.3 Å². The van der Waals surface area contributed by atoms with E-state index in [9.17, 15) is 4.79 Å². The van der Waals surface area contributed by atoms with Gasteiger partial charge in [0.05, 0.1) is 11.9 Å². The topological polar surface area (TPSA) is 74.5 Å². The zero-order chi connectivity index (χ0) is 17.8. The van der Waals surface area contributed by atoms with Crippen LogP contribution in [-0.2, 0) is 0 Å². The number of halogens is 3. The molecule has 0 radical (unpaired) electrons. The highest BCUT2D eigenvalue weighted by Gasteiger charge is 2.20. The van der Waals surface area contributed by atoms with Crippen LogP contribution in [0.5, 0.6) is 0 Å². The summed E-state index contributed by atoms with van der Waals surface area (Å²) in [5, 5.41) is 2.81. The maximum atomic E-state index is 12.2. The number of nitrogens with two attached hydrogens (primary N) is 1. The lowest BCUT2D eigenvalue weighted by Crippen LogP contribution is -2.42. The molecule has 9 heteroatoms. The molecule has 0 aliphatic carbocycles. The van der Waals surface area contributed by atoms with Gasteiger partial charge in [-0.25, -0.2) is 4.98 Å². The van der Waals surface area contributed by atoms with E-state index < -0.39 is 0 Å². The third kappa shape index (κ3) is 6.71. The molecule has 1 fully saturated rings. The molecule has 6 nitrogen and oxygen atoms in total. The van der Waals surface area contributed by atoms with Gasteiger partial charge in [-0.3, -0.25) is 4.79 Å². The molecule has 1 aliphatic heterocycles. The van der Waals surface area contributed by atoms with E-state index in [1.165, 1.54) is 0 Å². The minimum atomic E-state index is -0.209. The van der Waals surface area contributed by atoms with Gasteiger partial charge in [0.15, 0.2) is 0 Å². The van der Waals surface area contributed by atoms with Gasteiger partial charge in [0.25, 0.3) is 5.91 Å². The Bertz CT molecular complexity index is 735. The lowest BCUT2D eigenvalue weighted by Gasteiger charge is -2.36. The first-order valence-corrected chi connectivity index (χ1v) is 8.57. The summed E-state index contributed by atoms with van der Waals surface area (Å²) in [5.74, 6) is 0.332. The third-order valence-corrected chi connectivity index (χ3v) is 4.70. The molecule has 0 atom stereocenters. The number of amides is 1. The number of rotatable bonds is 4. The van der Waals surface area contributed by atoms with Crippen molar-refractivity contribution < 1.29 is 4.79 Å². The van der Waals surface area contributed by atoms with Crippen molar-refractivity contribution in [1.29, 1.82) is 0 Å². The van der Waals surface area contributed by atoms with Crippen LogP contribution in [0.1, 0.15) is 23.2 Å². The second kappa shape index (κ2) is 12.0. The predicted molar refractivity (Wildman–Crippen MR) is 124 cm³/mol. The van der Waals surface area contributed by atoms with Crippen LogP contribution in [-0.4, -0.2) is 49.0 Å². The molecule has 1 aliphatic rings. The van der Waals surface area contributed by atoms with E-state index in [1.807, 2.05) is 18.3 Å². The van der Waals surface area contributed by atoms with E-state index in [0.717, 1.165) is 31.6 Å². The second-order valence-corrected chi connectivity index (χ2v) is 6.66. The lowest BCUT2D eigenvalue weighted by molar-refractivity contribution is 0.102. The summed E-state index contributed by atoms with van der Waals surface area (Å²) >= 11 is 0. The zero-order valence-corrected chi connectivity index (χ0v) is 18.4. The third-order valence-electron chi connectivity index (χ3n) is 4.70.